The van der Waals surface area contributed by atoms with Gasteiger partial charge < -0.3 is 15.1 Å². The highest BCUT2D eigenvalue weighted by atomic mass is 16.2. The predicted octanol–water partition coefficient (Wildman–Crippen LogP) is 2.05. The molecule has 146 valence electrons. The lowest BCUT2D eigenvalue weighted by Crippen LogP contribution is -2.49. The molecule has 1 aliphatic rings. The molecule has 3 heterocycles. The molecule has 0 radical (unpaired) electrons. The fourth-order valence-corrected chi connectivity index (χ4v) is 3.48. The number of fused-ring (bicyclic) bond motifs is 1. The van der Waals surface area contributed by atoms with Crippen LogP contribution in [-0.2, 0) is 4.79 Å². The van der Waals surface area contributed by atoms with Gasteiger partial charge in [-0.15, -0.1) is 0 Å². The molecule has 29 heavy (non-hydrogen) atoms. The number of hydrogen-bond acceptors (Lipinski definition) is 7. The Labute approximate surface area is 168 Å². The number of benzene rings is 1. The summed E-state index contributed by atoms with van der Waals surface area (Å²) in [7, 11) is 0. The summed E-state index contributed by atoms with van der Waals surface area (Å²) in [6, 6.07) is 11.6. The number of nitriles is 1. The molecular formula is C21H21N7O. The summed E-state index contributed by atoms with van der Waals surface area (Å²) >= 11 is 0. The monoisotopic (exact) mass is 387 g/mol. The molecule has 1 fully saturated rings. The van der Waals surface area contributed by atoms with Crippen molar-refractivity contribution < 1.29 is 4.79 Å². The average molecular weight is 387 g/mol. The molecule has 0 atom stereocenters. The standard InChI is InChI=1S/C21H21N7O/c22-14-16-15-26-18-5-2-1-4-17(18)20(16)23-9-6-19(29)27-10-12-28(13-11-27)21-24-7-3-8-25-21/h1-5,7-8,15H,6,9-13H2,(H,23,26). The summed E-state index contributed by atoms with van der Waals surface area (Å²) in [6.45, 7) is 3.20. The Hall–Kier alpha value is -3.73. The van der Waals surface area contributed by atoms with Crippen molar-refractivity contribution in [1.82, 2.24) is 19.9 Å². The number of para-hydroxylation sites is 1. The lowest BCUT2D eigenvalue weighted by molar-refractivity contribution is -0.131. The number of carbonyl (C=O) groups is 1. The first-order valence-corrected chi connectivity index (χ1v) is 9.58. The number of anilines is 2. The van der Waals surface area contributed by atoms with Crippen molar-refractivity contribution in [2.24, 2.45) is 0 Å². The van der Waals surface area contributed by atoms with Crippen LogP contribution < -0.4 is 10.2 Å². The maximum Gasteiger partial charge on any atom is 0.225 e. The summed E-state index contributed by atoms with van der Waals surface area (Å²) in [5.41, 5.74) is 2.03. The molecule has 0 aliphatic carbocycles. The van der Waals surface area contributed by atoms with Crippen LogP contribution in [0.15, 0.2) is 48.9 Å². The van der Waals surface area contributed by atoms with Gasteiger partial charge in [0.1, 0.15) is 6.07 Å². The van der Waals surface area contributed by atoms with Gasteiger partial charge in [0, 0.05) is 63.1 Å². The zero-order valence-electron chi connectivity index (χ0n) is 16.0. The second-order valence-electron chi connectivity index (χ2n) is 6.77. The third-order valence-corrected chi connectivity index (χ3v) is 5.00. The van der Waals surface area contributed by atoms with E-state index in [0.29, 0.717) is 37.6 Å². The first-order valence-electron chi connectivity index (χ1n) is 9.58. The summed E-state index contributed by atoms with van der Waals surface area (Å²) in [5.74, 6) is 0.804. The fraction of sp³-hybridized carbons (Fsp3) is 0.286. The predicted molar refractivity (Wildman–Crippen MR) is 110 cm³/mol. The molecule has 2 aromatic heterocycles. The third kappa shape index (κ3) is 4.09. The molecule has 1 amide bonds. The van der Waals surface area contributed by atoms with Crippen LogP contribution in [0, 0.1) is 11.3 Å². The molecule has 1 aliphatic heterocycles. The summed E-state index contributed by atoms with van der Waals surface area (Å²) < 4.78 is 0. The highest BCUT2D eigenvalue weighted by molar-refractivity contribution is 5.94. The van der Waals surface area contributed by atoms with Gasteiger partial charge in [-0.2, -0.15) is 5.26 Å². The van der Waals surface area contributed by atoms with Gasteiger partial charge in [0.05, 0.1) is 16.8 Å². The average Bonchev–Trinajstić information content (AvgIpc) is 2.79. The van der Waals surface area contributed by atoms with E-state index >= 15 is 0 Å². The van der Waals surface area contributed by atoms with E-state index in [1.807, 2.05) is 29.2 Å². The van der Waals surface area contributed by atoms with Crippen LogP contribution in [-0.4, -0.2) is 58.5 Å². The number of nitrogens with zero attached hydrogens (tertiary/aromatic N) is 6. The molecule has 8 nitrogen and oxygen atoms in total. The Balaban J connectivity index is 1.33. The Bertz CT molecular complexity index is 1040. The highest BCUT2D eigenvalue weighted by Gasteiger charge is 2.22. The van der Waals surface area contributed by atoms with E-state index in [4.69, 9.17) is 0 Å². The topological polar surface area (TPSA) is 98.0 Å². The third-order valence-electron chi connectivity index (χ3n) is 5.00. The van der Waals surface area contributed by atoms with Crippen LogP contribution >= 0.6 is 0 Å². The largest absolute Gasteiger partial charge is 0.383 e. The molecule has 1 saturated heterocycles. The smallest absolute Gasteiger partial charge is 0.225 e. The van der Waals surface area contributed by atoms with E-state index < -0.39 is 0 Å². The quantitative estimate of drug-likeness (QED) is 0.715. The molecule has 0 saturated carbocycles. The lowest BCUT2D eigenvalue weighted by Gasteiger charge is -2.34. The minimum atomic E-state index is 0.1000. The second kappa shape index (κ2) is 8.52. The Morgan fingerprint density at radius 2 is 1.83 bits per heavy atom. The van der Waals surface area contributed by atoms with E-state index in [0.717, 1.165) is 29.7 Å². The summed E-state index contributed by atoms with van der Waals surface area (Å²) in [6.07, 6.45) is 5.38. The minimum Gasteiger partial charge on any atom is -0.383 e. The number of piperazine rings is 1. The van der Waals surface area contributed by atoms with Crippen LogP contribution in [0.25, 0.3) is 10.9 Å². The van der Waals surface area contributed by atoms with E-state index in [2.05, 4.69) is 31.2 Å². The van der Waals surface area contributed by atoms with E-state index in [9.17, 15) is 10.1 Å². The summed E-state index contributed by atoms with van der Waals surface area (Å²) in [4.78, 5) is 29.4. The molecule has 1 aromatic carbocycles. The molecule has 0 bridgehead atoms. The summed E-state index contributed by atoms with van der Waals surface area (Å²) in [5, 5.41) is 13.5. The number of amides is 1. The van der Waals surface area contributed by atoms with Crippen LogP contribution in [0.1, 0.15) is 12.0 Å². The number of pyridine rings is 1. The van der Waals surface area contributed by atoms with Gasteiger partial charge in [-0.3, -0.25) is 9.78 Å². The van der Waals surface area contributed by atoms with Crippen LogP contribution in [0.2, 0.25) is 0 Å². The Kier molecular flexibility index (Phi) is 5.47. The van der Waals surface area contributed by atoms with Gasteiger partial charge in [-0.25, -0.2) is 9.97 Å². The van der Waals surface area contributed by atoms with Crippen molar-refractivity contribution in [3.63, 3.8) is 0 Å². The maximum absolute atomic E-state index is 12.6. The van der Waals surface area contributed by atoms with Crippen molar-refractivity contribution in [3.05, 3.63) is 54.5 Å². The van der Waals surface area contributed by atoms with Gasteiger partial charge in [0.15, 0.2) is 0 Å². The zero-order chi connectivity index (χ0) is 20.1. The Morgan fingerprint density at radius 1 is 1.07 bits per heavy atom. The minimum absolute atomic E-state index is 0.1000. The molecular weight excluding hydrogens is 366 g/mol. The normalized spacial score (nSPS) is 13.9. The Morgan fingerprint density at radius 3 is 2.59 bits per heavy atom. The van der Waals surface area contributed by atoms with Crippen molar-refractivity contribution in [2.75, 3.05) is 42.9 Å². The van der Waals surface area contributed by atoms with E-state index in [1.54, 1.807) is 24.7 Å². The zero-order valence-corrected chi connectivity index (χ0v) is 16.0. The first kappa shape index (κ1) is 18.6. The van der Waals surface area contributed by atoms with Gasteiger partial charge in [0.25, 0.3) is 0 Å². The first-order chi connectivity index (χ1) is 14.3. The number of rotatable bonds is 5. The van der Waals surface area contributed by atoms with Crippen molar-refractivity contribution >= 4 is 28.4 Å². The lowest BCUT2D eigenvalue weighted by atomic mass is 10.1. The number of aromatic nitrogens is 3. The molecule has 1 N–H and O–H groups in total. The van der Waals surface area contributed by atoms with Crippen LogP contribution in [0.5, 0.6) is 0 Å². The van der Waals surface area contributed by atoms with Gasteiger partial charge >= 0.3 is 0 Å². The van der Waals surface area contributed by atoms with Gasteiger partial charge in [-0.1, -0.05) is 18.2 Å². The highest BCUT2D eigenvalue weighted by Crippen LogP contribution is 2.25. The van der Waals surface area contributed by atoms with Crippen LogP contribution in [0.4, 0.5) is 11.6 Å². The molecule has 0 unspecified atom stereocenters. The van der Waals surface area contributed by atoms with Gasteiger partial charge in [-0.05, 0) is 12.1 Å². The number of carbonyl (C=O) groups excluding carboxylic acids is 1. The fourth-order valence-electron chi connectivity index (χ4n) is 3.48. The van der Waals surface area contributed by atoms with Crippen molar-refractivity contribution in [3.8, 4) is 6.07 Å². The maximum atomic E-state index is 12.6. The second-order valence-corrected chi connectivity index (χ2v) is 6.77. The van der Waals surface area contributed by atoms with Crippen molar-refractivity contribution in [2.45, 2.75) is 6.42 Å². The molecule has 3 aromatic rings. The molecule has 4 rings (SSSR count). The van der Waals surface area contributed by atoms with E-state index in [1.165, 1.54) is 0 Å². The SMILES string of the molecule is N#Cc1cnc2ccccc2c1NCCC(=O)N1CCN(c2ncccn2)CC1. The number of hydrogen-bond donors (Lipinski definition) is 1. The molecule has 0 spiro atoms. The molecule has 8 heteroatoms. The van der Waals surface area contributed by atoms with Crippen LogP contribution in [0.3, 0.4) is 0 Å². The van der Waals surface area contributed by atoms with E-state index in [-0.39, 0.29) is 5.91 Å². The number of nitrogens with one attached hydrogen (secondary N) is 1. The van der Waals surface area contributed by atoms with Gasteiger partial charge in [0.2, 0.25) is 11.9 Å². The van der Waals surface area contributed by atoms with Crippen molar-refractivity contribution in [1.29, 1.82) is 5.26 Å².